The van der Waals surface area contributed by atoms with Crippen LogP contribution in [0.4, 0.5) is 0 Å². The van der Waals surface area contributed by atoms with E-state index in [4.69, 9.17) is 0 Å². The zero-order chi connectivity index (χ0) is 14.1. The van der Waals surface area contributed by atoms with Crippen molar-refractivity contribution < 1.29 is 9.69 Å². The van der Waals surface area contributed by atoms with E-state index < -0.39 is 0 Å². The Bertz CT molecular complexity index is 629. The van der Waals surface area contributed by atoms with Crippen LogP contribution in [-0.2, 0) is 0 Å². The van der Waals surface area contributed by atoms with Crippen molar-refractivity contribution in [2.75, 3.05) is 13.1 Å². The zero-order valence-corrected chi connectivity index (χ0v) is 12.3. The second kappa shape index (κ2) is 5.41. The summed E-state index contributed by atoms with van der Waals surface area (Å²) in [6.45, 7) is 6.03. The number of piperidine rings is 1. The summed E-state index contributed by atoms with van der Waals surface area (Å²) in [5.74, 6) is 0.281. The normalized spacial score (nSPS) is 23.1. The van der Waals surface area contributed by atoms with Gasteiger partial charge in [-0.2, -0.15) is 0 Å². The van der Waals surface area contributed by atoms with Gasteiger partial charge in [0, 0.05) is 16.6 Å². The van der Waals surface area contributed by atoms with E-state index in [1.54, 1.807) is 0 Å². The van der Waals surface area contributed by atoms with E-state index in [1.165, 1.54) is 24.2 Å². The number of rotatable bonds is 3. The number of carbonyl (C=O) groups excluding carboxylic acids is 1. The van der Waals surface area contributed by atoms with Gasteiger partial charge in [0.25, 0.3) is 0 Å². The Kier molecular flexibility index (Phi) is 3.62. The first-order valence-corrected chi connectivity index (χ1v) is 7.62. The van der Waals surface area contributed by atoms with Crippen molar-refractivity contribution in [2.45, 2.75) is 39.2 Å². The van der Waals surface area contributed by atoms with Crippen LogP contribution in [-0.4, -0.2) is 29.9 Å². The topological polar surface area (TPSA) is 37.3 Å². The van der Waals surface area contributed by atoms with Crippen LogP contribution in [0.25, 0.3) is 10.9 Å². The molecule has 1 aliphatic heterocycles. The molecular weight excluding hydrogens is 248 g/mol. The maximum Gasteiger partial charge on any atom is 0.219 e. The molecule has 1 fully saturated rings. The quantitative estimate of drug-likeness (QED) is 0.824. The van der Waals surface area contributed by atoms with E-state index in [-0.39, 0.29) is 5.78 Å². The van der Waals surface area contributed by atoms with Gasteiger partial charge in [-0.15, -0.1) is 0 Å². The van der Waals surface area contributed by atoms with E-state index in [0.29, 0.717) is 12.6 Å². The van der Waals surface area contributed by atoms with E-state index in [9.17, 15) is 4.79 Å². The van der Waals surface area contributed by atoms with Crippen molar-refractivity contribution in [3.05, 3.63) is 35.5 Å². The Balaban J connectivity index is 1.87. The first kappa shape index (κ1) is 13.4. The van der Waals surface area contributed by atoms with Gasteiger partial charge in [0.2, 0.25) is 5.78 Å². The molecule has 0 aliphatic carbocycles. The molecule has 0 bridgehead atoms. The van der Waals surface area contributed by atoms with Crippen LogP contribution in [0.2, 0.25) is 0 Å². The Hall–Kier alpha value is -1.61. The highest BCUT2D eigenvalue weighted by atomic mass is 16.1. The molecule has 1 aromatic heterocycles. The number of hydrogen-bond acceptors (Lipinski definition) is 1. The average Bonchev–Trinajstić information content (AvgIpc) is 2.77. The van der Waals surface area contributed by atoms with E-state index in [0.717, 1.165) is 28.7 Å². The van der Waals surface area contributed by atoms with Crippen LogP contribution >= 0.6 is 0 Å². The molecule has 2 heterocycles. The molecule has 3 heteroatoms. The number of ketones is 1. The molecule has 1 aromatic carbocycles. The second-order valence-electron chi connectivity index (χ2n) is 6.08. The molecule has 0 saturated carbocycles. The molecule has 2 N–H and O–H groups in total. The highest BCUT2D eigenvalue weighted by Gasteiger charge is 2.26. The number of likely N-dealkylation sites (tertiary alicyclic amines) is 1. The number of hydrogen-bond donors (Lipinski definition) is 2. The largest absolute Gasteiger partial charge is 0.358 e. The number of benzene rings is 1. The number of fused-ring (bicyclic) bond motifs is 1. The summed E-state index contributed by atoms with van der Waals surface area (Å²) in [4.78, 5) is 17.5. The fraction of sp³-hybridized carbons (Fsp3) is 0.471. The number of quaternary nitrogens is 1. The number of para-hydroxylation sites is 1. The molecule has 3 rings (SSSR count). The van der Waals surface area contributed by atoms with Crippen LogP contribution in [0.5, 0.6) is 0 Å². The Morgan fingerprint density at radius 1 is 1.35 bits per heavy atom. The molecule has 1 aliphatic rings. The minimum atomic E-state index is 0.281. The summed E-state index contributed by atoms with van der Waals surface area (Å²) in [6.07, 6.45) is 3.81. The molecule has 0 amide bonds. The van der Waals surface area contributed by atoms with Crippen molar-refractivity contribution in [3.63, 3.8) is 0 Å². The molecule has 0 spiro atoms. The molecule has 3 nitrogen and oxygen atoms in total. The predicted molar refractivity (Wildman–Crippen MR) is 81.4 cm³/mol. The number of Topliss-reactive ketones (excluding diaryl/α,β-unsaturated/α-hetero) is 1. The highest BCUT2D eigenvalue weighted by molar-refractivity contribution is 6.09. The van der Waals surface area contributed by atoms with E-state index >= 15 is 0 Å². The lowest BCUT2D eigenvalue weighted by atomic mass is 10.0. The van der Waals surface area contributed by atoms with Gasteiger partial charge in [0.15, 0.2) is 0 Å². The Morgan fingerprint density at radius 3 is 2.95 bits per heavy atom. The first-order chi connectivity index (χ1) is 9.66. The minimum absolute atomic E-state index is 0.281. The number of aryl methyl sites for hydroxylation is 1. The van der Waals surface area contributed by atoms with Gasteiger partial charge in [-0.25, -0.2) is 0 Å². The second-order valence-corrected chi connectivity index (χ2v) is 6.08. The Labute approximate surface area is 120 Å². The summed E-state index contributed by atoms with van der Waals surface area (Å²) in [5.41, 5.74) is 2.96. The van der Waals surface area contributed by atoms with Gasteiger partial charge in [-0.1, -0.05) is 18.2 Å². The standard InChI is InChI=1S/C17H22N2O/c1-12-7-5-6-10-19(12)11-16(20)17-13(2)18-15-9-4-3-8-14(15)17/h3-4,8-9,12,18H,5-7,10-11H2,1-2H3/p+1/t12-/m0/s1. The lowest BCUT2D eigenvalue weighted by molar-refractivity contribution is -0.920. The van der Waals surface area contributed by atoms with Crippen LogP contribution in [0.1, 0.15) is 42.2 Å². The lowest BCUT2D eigenvalue weighted by Gasteiger charge is -2.29. The summed E-state index contributed by atoms with van der Waals surface area (Å²) in [6, 6.07) is 8.70. The fourth-order valence-corrected chi connectivity index (χ4v) is 3.45. The molecule has 1 unspecified atom stereocenters. The summed E-state index contributed by atoms with van der Waals surface area (Å²) in [5, 5.41) is 1.07. The van der Waals surface area contributed by atoms with Gasteiger partial charge >= 0.3 is 0 Å². The molecular formula is C17H23N2O+. The van der Waals surface area contributed by atoms with Crippen LogP contribution in [0.15, 0.2) is 24.3 Å². The average molecular weight is 271 g/mol. The molecule has 0 radical (unpaired) electrons. The number of carbonyl (C=O) groups is 1. The predicted octanol–water partition coefficient (Wildman–Crippen LogP) is 2.12. The number of aromatic nitrogens is 1. The summed E-state index contributed by atoms with van der Waals surface area (Å²) < 4.78 is 0. The third kappa shape index (κ3) is 2.38. The lowest BCUT2D eigenvalue weighted by Crippen LogP contribution is -3.16. The fourth-order valence-electron chi connectivity index (χ4n) is 3.45. The van der Waals surface area contributed by atoms with Crippen molar-refractivity contribution in [3.8, 4) is 0 Å². The van der Waals surface area contributed by atoms with Crippen molar-refractivity contribution >= 4 is 16.7 Å². The molecule has 1 saturated heterocycles. The van der Waals surface area contributed by atoms with E-state index in [2.05, 4.69) is 11.9 Å². The summed E-state index contributed by atoms with van der Waals surface area (Å²) in [7, 11) is 0. The van der Waals surface area contributed by atoms with Gasteiger partial charge in [-0.05, 0) is 39.2 Å². The molecule has 20 heavy (non-hydrogen) atoms. The smallest absolute Gasteiger partial charge is 0.219 e. The number of H-pyrrole nitrogens is 1. The van der Waals surface area contributed by atoms with Crippen molar-refractivity contribution in [1.82, 2.24) is 4.98 Å². The van der Waals surface area contributed by atoms with Gasteiger partial charge in [0.05, 0.1) is 18.2 Å². The SMILES string of the molecule is Cc1[nH]c2ccccc2c1C(=O)C[NH+]1CCCC[C@@H]1C. The first-order valence-electron chi connectivity index (χ1n) is 7.62. The third-order valence-electron chi connectivity index (χ3n) is 4.64. The molecule has 106 valence electrons. The molecule has 2 aromatic rings. The maximum atomic E-state index is 12.7. The van der Waals surface area contributed by atoms with Gasteiger partial charge in [-0.3, -0.25) is 4.79 Å². The van der Waals surface area contributed by atoms with Crippen molar-refractivity contribution in [1.29, 1.82) is 0 Å². The third-order valence-corrected chi connectivity index (χ3v) is 4.64. The maximum absolute atomic E-state index is 12.7. The van der Waals surface area contributed by atoms with Gasteiger partial charge < -0.3 is 9.88 Å². The van der Waals surface area contributed by atoms with Crippen LogP contribution < -0.4 is 4.90 Å². The molecule has 2 atom stereocenters. The number of aromatic amines is 1. The minimum Gasteiger partial charge on any atom is -0.358 e. The zero-order valence-electron chi connectivity index (χ0n) is 12.3. The van der Waals surface area contributed by atoms with Crippen LogP contribution in [0, 0.1) is 6.92 Å². The Morgan fingerprint density at radius 2 is 2.15 bits per heavy atom. The number of nitrogens with one attached hydrogen (secondary N) is 2. The van der Waals surface area contributed by atoms with Crippen molar-refractivity contribution in [2.24, 2.45) is 0 Å². The monoisotopic (exact) mass is 271 g/mol. The summed E-state index contributed by atoms with van der Waals surface area (Å²) >= 11 is 0. The highest BCUT2D eigenvalue weighted by Crippen LogP contribution is 2.21. The van der Waals surface area contributed by atoms with Crippen LogP contribution in [0.3, 0.4) is 0 Å². The van der Waals surface area contributed by atoms with E-state index in [1.807, 2.05) is 31.2 Å². The van der Waals surface area contributed by atoms with Gasteiger partial charge in [0.1, 0.15) is 6.54 Å².